The van der Waals surface area contributed by atoms with Gasteiger partial charge in [0, 0.05) is 24.5 Å². The van der Waals surface area contributed by atoms with E-state index >= 15 is 0 Å². The predicted octanol–water partition coefficient (Wildman–Crippen LogP) is 1.63. The number of rotatable bonds is 5. The van der Waals surface area contributed by atoms with Crippen LogP contribution in [0.3, 0.4) is 0 Å². The first-order valence-electron chi connectivity index (χ1n) is 6.73. The van der Waals surface area contributed by atoms with Crippen molar-refractivity contribution in [2.75, 3.05) is 0 Å². The Morgan fingerprint density at radius 1 is 1.33 bits per heavy atom. The number of aryl methyl sites for hydroxylation is 1. The molecule has 1 aliphatic carbocycles. The molecule has 0 amide bonds. The molecule has 2 heterocycles. The van der Waals surface area contributed by atoms with Gasteiger partial charge >= 0.3 is 0 Å². The summed E-state index contributed by atoms with van der Waals surface area (Å²) in [7, 11) is -3.83. The average molecular weight is 308 g/mol. The highest BCUT2D eigenvalue weighted by Crippen LogP contribution is 2.32. The predicted molar refractivity (Wildman–Crippen MR) is 76.3 cm³/mol. The highest BCUT2D eigenvalue weighted by Gasteiger charge is 2.39. The van der Waals surface area contributed by atoms with Crippen LogP contribution in [0.15, 0.2) is 44.7 Å². The average Bonchev–Trinajstić information content (AvgIpc) is 3.19. The number of furan rings is 1. The highest BCUT2D eigenvalue weighted by molar-refractivity contribution is 7.89. The molecule has 21 heavy (non-hydrogen) atoms. The third kappa shape index (κ3) is 2.79. The molecule has 0 bridgehead atoms. The quantitative estimate of drug-likeness (QED) is 0.910. The Bertz CT molecular complexity index is 802. The molecule has 3 rings (SSSR count). The number of nitrogens with one attached hydrogen (secondary N) is 1. The van der Waals surface area contributed by atoms with Crippen LogP contribution in [0, 0.1) is 6.92 Å². The minimum Gasteiger partial charge on any atom is -0.465 e. The summed E-state index contributed by atoms with van der Waals surface area (Å²) in [5, 5.41) is 0. The monoisotopic (exact) mass is 308 g/mol. The van der Waals surface area contributed by atoms with Gasteiger partial charge in [0.1, 0.15) is 16.4 Å². The largest absolute Gasteiger partial charge is 0.465 e. The van der Waals surface area contributed by atoms with Gasteiger partial charge in [0.25, 0.3) is 0 Å². The van der Waals surface area contributed by atoms with Gasteiger partial charge in [-0.15, -0.1) is 0 Å². The molecule has 1 aliphatic rings. The number of hydrogen-bond acceptors (Lipinski definition) is 4. The van der Waals surface area contributed by atoms with Gasteiger partial charge in [-0.1, -0.05) is 0 Å². The summed E-state index contributed by atoms with van der Waals surface area (Å²) < 4.78 is 32.2. The zero-order valence-electron chi connectivity index (χ0n) is 11.6. The zero-order chi connectivity index (χ0) is 15.0. The molecule has 1 N–H and O–H groups in total. The van der Waals surface area contributed by atoms with Crippen LogP contribution < -0.4 is 5.43 Å². The first kappa shape index (κ1) is 14.1. The van der Waals surface area contributed by atoms with E-state index in [1.54, 1.807) is 19.1 Å². The summed E-state index contributed by atoms with van der Waals surface area (Å²) in [6, 6.07) is 4.72. The van der Waals surface area contributed by atoms with Crippen LogP contribution >= 0.6 is 0 Å². The van der Waals surface area contributed by atoms with Crippen LogP contribution in [0.5, 0.6) is 0 Å². The van der Waals surface area contributed by atoms with E-state index in [0.717, 1.165) is 18.6 Å². The van der Waals surface area contributed by atoms with Crippen LogP contribution in [-0.2, 0) is 16.6 Å². The summed E-state index contributed by atoms with van der Waals surface area (Å²) in [5.74, 6) is 1.31. The smallest absolute Gasteiger partial charge is 0.249 e. The molecule has 0 atom stereocenters. The second-order valence-electron chi connectivity index (χ2n) is 5.17. The fourth-order valence-electron chi connectivity index (χ4n) is 2.23. The molecule has 112 valence electrons. The van der Waals surface area contributed by atoms with Crippen molar-refractivity contribution in [2.45, 2.75) is 37.2 Å². The van der Waals surface area contributed by atoms with E-state index in [9.17, 15) is 13.2 Å². The van der Waals surface area contributed by atoms with Gasteiger partial charge < -0.3 is 9.40 Å². The molecular formula is C14H16N2O4S. The van der Waals surface area contributed by atoms with E-state index in [2.05, 4.69) is 4.98 Å². The number of H-pyrrole nitrogens is 1. The lowest BCUT2D eigenvalue weighted by Gasteiger charge is -2.20. The number of aromatic amines is 1. The molecule has 2 aromatic heterocycles. The van der Waals surface area contributed by atoms with Crippen LogP contribution in [0.2, 0.25) is 0 Å². The van der Waals surface area contributed by atoms with Crippen molar-refractivity contribution in [3.63, 3.8) is 0 Å². The summed E-state index contributed by atoms with van der Waals surface area (Å²) in [4.78, 5) is 14.3. The summed E-state index contributed by atoms with van der Waals surface area (Å²) in [6.07, 6.45) is 4.27. The minimum atomic E-state index is -3.83. The summed E-state index contributed by atoms with van der Waals surface area (Å²) in [5.41, 5.74) is -0.505. The van der Waals surface area contributed by atoms with Crippen molar-refractivity contribution < 1.29 is 12.8 Å². The van der Waals surface area contributed by atoms with Crippen molar-refractivity contribution in [1.29, 1.82) is 0 Å². The standard InChI is InChI=1S/C14H16N2O4S/c1-10-2-5-12(20-10)9-16(11-3-4-11)21(18,19)14-8-15-7-6-13(14)17/h2,5-8,11H,3-4,9H2,1H3,(H,15,17). The van der Waals surface area contributed by atoms with Crippen molar-refractivity contribution in [1.82, 2.24) is 9.29 Å². The van der Waals surface area contributed by atoms with Gasteiger partial charge in [0.05, 0.1) is 6.54 Å². The molecule has 0 unspecified atom stereocenters. The molecular weight excluding hydrogens is 292 g/mol. The zero-order valence-corrected chi connectivity index (χ0v) is 12.4. The number of sulfonamides is 1. The number of hydrogen-bond donors (Lipinski definition) is 1. The summed E-state index contributed by atoms with van der Waals surface area (Å²) in [6.45, 7) is 1.95. The molecule has 1 saturated carbocycles. The van der Waals surface area contributed by atoms with Gasteiger partial charge in [0.2, 0.25) is 15.5 Å². The maximum Gasteiger partial charge on any atom is 0.249 e. The fraction of sp³-hybridized carbons (Fsp3) is 0.357. The normalized spacial score (nSPS) is 15.5. The van der Waals surface area contributed by atoms with Crippen LogP contribution in [0.4, 0.5) is 0 Å². The van der Waals surface area contributed by atoms with Gasteiger partial charge in [-0.05, 0) is 31.9 Å². The molecule has 0 saturated heterocycles. The maximum atomic E-state index is 12.7. The van der Waals surface area contributed by atoms with Crippen molar-refractivity contribution >= 4 is 10.0 Å². The van der Waals surface area contributed by atoms with Crippen molar-refractivity contribution in [3.8, 4) is 0 Å². The molecule has 2 aromatic rings. The Labute approximate surface area is 122 Å². The van der Waals surface area contributed by atoms with Crippen LogP contribution in [0.1, 0.15) is 24.4 Å². The number of nitrogens with zero attached hydrogens (tertiary/aromatic N) is 1. The Balaban J connectivity index is 1.97. The van der Waals surface area contributed by atoms with Crippen LogP contribution in [0.25, 0.3) is 0 Å². The SMILES string of the molecule is Cc1ccc(CN(C2CC2)S(=O)(=O)c2c[nH]ccc2=O)o1. The molecule has 6 nitrogen and oxygen atoms in total. The van der Waals surface area contributed by atoms with E-state index in [1.807, 2.05) is 0 Å². The van der Waals surface area contributed by atoms with Gasteiger partial charge in [0.15, 0.2) is 0 Å². The van der Waals surface area contributed by atoms with E-state index in [0.29, 0.717) is 5.76 Å². The lowest BCUT2D eigenvalue weighted by atomic mass is 10.4. The Morgan fingerprint density at radius 3 is 2.67 bits per heavy atom. The molecule has 0 radical (unpaired) electrons. The highest BCUT2D eigenvalue weighted by atomic mass is 32.2. The molecule has 1 fully saturated rings. The maximum absolute atomic E-state index is 12.7. The second kappa shape index (κ2) is 5.16. The van der Waals surface area contributed by atoms with Crippen molar-refractivity contribution in [2.24, 2.45) is 0 Å². The Kier molecular flexibility index (Phi) is 3.46. The fourth-order valence-corrected chi connectivity index (χ4v) is 3.92. The first-order valence-corrected chi connectivity index (χ1v) is 8.17. The van der Waals surface area contributed by atoms with Crippen LogP contribution in [-0.4, -0.2) is 23.7 Å². The molecule has 0 aliphatic heterocycles. The van der Waals surface area contributed by atoms with Gasteiger partial charge in [-0.2, -0.15) is 4.31 Å². The van der Waals surface area contributed by atoms with E-state index in [1.165, 1.54) is 22.8 Å². The first-order chi connectivity index (χ1) is 9.98. The summed E-state index contributed by atoms with van der Waals surface area (Å²) >= 11 is 0. The molecule has 0 spiro atoms. The third-order valence-electron chi connectivity index (χ3n) is 3.44. The lowest BCUT2D eigenvalue weighted by molar-refractivity contribution is 0.351. The van der Waals surface area contributed by atoms with Crippen molar-refractivity contribution in [3.05, 3.63) is 52.3 Å². The molecule has 7 heteroatoms. The third-order valence-corrected chi connectivity index (χ3v) is 5.36. The topological polar surface area (TPSA) is 83.4 Å². The minimum absolute atomic E-state index is 0.0555. The number of aromatic nitrogens is 1. The second-order valence-corrected chi connectivity index (χ2v) is 7.03. The molecule has 0 aromatic carbocycles. The Hall–Kier alpha value is -1.86. The van der Waals surface area contributed by atoms with E-state index < -0.39 is 15.5 Å². The number of pyridine rings is 1. The van der Waals surface area contributed by atoms with E-state index in [-0.39, 0.29) is 17.5 Å². The van der Waals surface area contributed by atoms with Gasteiger partial charge in [-0.3, -0.25) is 4.79 Å². The van der Waals surface area contributed by atoms with E-state index in [4.69, 9.17) is 4.42 Å². The Morgan fingerprint density at radius 2 is 2.10 bits per heavy atom. The van der Waals surface area contributed by atoms with Gasteiger partial charge in [-0.25, -0.2) is 8.42 Å². The lowest BCUT2D eigenvalue weighted by Crippen LogP contribution is -2.35.